The Kier molecular flexibility index (Phi) is 3.50. The lowest BCUT2D eigenvalue weighted by Gasteiger charge is -2.09. The molecule has 0 radical (unpaired) electrons. The van der Waals surface area contributed by atoms with E-state index in [0.29, 0.717) is 10.7 Å². The molecule has 0 amide bonds. The Labute approximate surface area is 128 Å². The van der Waals surface area contributed by atoms with Crippen molar-refractivity contribution in [2.24, 2.45) is 0 Å². The standard InChI is InChI=1S/C15H11FN2O3S/c1-8-17-13-12(11(7-22-13)15(20)21)14(19)18(8)6-9-2-4-10(16)5-3-9/h2-5,7H,6H2,1H3,(H,20,21). The fraction of sp³-hybridized carbons (Fsp3) is 0.133. The highest BCUT2D eigenvalue weighted by atomic mass is 32.1. The number of carbonyl (C=O) groups is 1. The van der Waals surface area contributed by atoms with Gasteiger partial charge in [-0.05, 0) is 24.6 Å². The molecule has 2 aromatic heterocycles. The molecule has 0 fully saturated rings. The van der Waals surface area contributed by atoms with Gasteiger partial charge in [0.15, 0.2) is 0 Å². The molecule has 0 aliphatic carbocycles. The molecule has 0 saturated carbocycles. The lowest BCUT2D eigenvalue weighted by Crippen LogP contribution is -2.25. The maximum absolute atomic E-state index is 12.9. The Morgan fingerprint density at radius 1 is 1.36 bits per heavy atom. The van der Waals surface area contributed by atoms with E-state index in [2.05, 4.69) is 4.98 Å². The first-order chi connectivity index (χ1) is 10.5. The average Bonchev–Trinajstić information content (AvgIpc) is 2.89. The Bertz CT molecular complexity index is 928. The van der Waals surface area contributed by atoms with Gasteiger partial charge in [-0.25, -0.2) is 14.2 Å². The summed E-state index contributed by atoms with van der Waals surface area (Å²) in [6, 6.07) is 5.79. The van der Waals surface area contributed by atoms with E-state index in [9.17, 15) is 14.0 Å². The van der Waals surface area contributed by atoms with E-state index in [4.69, 9.17) is 5.11 Å². The summed E-state index contributed by atoms with van der Waals surface area (Å²) in [4.78, 5) is 28.5. The van der Waals surface area contributed by atoms with Gasteiger partial charge in [0.1, 0.15) is 16.5 Å². The number of hydrogen-bond donors (Lipinski definition) is 1. The van der Waals surface area contributed by atoms with Crippen LogP contribution in [0.1, 0.15) is 21.7 Å². The van der Waals surface area contributed by atoms with Crippen LogP contribution in [0.4, 0.5) is 4.39 Å². The smallest absolute Gasteiger partial charge is 0.337 e. The summed E-state index contributed by atoms with van der Waals surface area (Å²) in [7, 11) is 0. The van der Waals surface area contributed by atoms with Crippen LogP contribution in [0.15, 0.2) is 34.4 Å². The van der Waals surface area contributed by atoms with Gasteiger partial charge in [0, 0.05) is 5.38 Å². The molecule has 0 spiro atoms. The minimum Gasteiger partial charge on any atom is -0.478 e. The maximum atomic E-state index is 12.9. The van der Waals surface area contributed by atoms with Crippen molar-refractivity contribution in [1.29, 1.82) is 0 Å². The molecule has 0 saturated heterocycles. The zero-order valence-electron chi connectivity index (χ0n) is 11.5. The van der Waals surface area contributed by atoms with E-state index in [-0.39, 0.29) is 23.3 Å². The largest absolute Gasteiger partial charge is 0.478 e. The van der Waals surface area contributed by atoms with Crippen molar-refractivity contribution in [1.82, 2.24) is 9.55 Å². The third-order valence-corrected chi connectivity index (χ3v) is 4.24. The lowest BCUT2D eigenvalue weighted by atomic mass is 10.2. The SMILES string of the molecule is Cc1nc2scc(C(=O)O)c2c(=O)n1Cc1ccc(F)cc1. The average molecular weight is 318 g/mol. The summed E-state index contributed by atoms with van der Waals surface area (Å²) in [6.45, 7) is 1.90. The predicted molar refractivity (Wildman–Crippen MR) is 81.1 cm³/mol. The summed E-state index contributed by atoms with van der Waals surface area (Å²) < 4.78 is 14.3. The van der Waals surface area contributed by atoms with Crippen LogP contribution >= 0.6 is 11.3 Å². The molecule has 2 heterocycles. The predicted octanol–water partition coefficient (Wildman–Crippen LogP) is 2.65. The quantitative estimate of drug-likeness (QED) is 0.806. The second-order valence-electron chi connectivity index (χ2n) is 4.81. The van der Waals surface area contributed by atoms with E-state index >= 15 is 0 Å². The highest BCUT2D eigenvalue weighted by molar-refractivity contribution is 7.17. The van der Waals surface area contributed by atoms with Crippen molar-refractivity contribution < 1.29 is 14.3 Å². The molecule has 112 valence electrons. The van der Waals surface area contributed by atoms with Gasteiger partial charge >= 0.3 is 5.97 Å². The van der Waals surface area contributed by atoms with Crippen molar-refractivity contribution in [3.05, 3.63) is 62.8 Å². The third kappa shape index (κ3) is 2.39. The van der Waals surface area contributed by atoms with Crippen LogP contribution in [0.3, 0.4) is 0 Å². The van der Waals surface area contributed by atoms with Gasteiger partial charge in [0.25, 0.3) is 5.56 Å². The van der Waals surface area contributed by atoms with Crippen LogP contribution in [0.2, 0.25) is 0 Å². The molecule has 0 aliphatic rings. The van der Waals surface area contributed by atoms with Gasteiger partial charge < -0.3 is 5.11 Å². The van der Waals surface area contributed by atoms with Gasteiger partial charge in [0.2, 0.25) is 0 Å². The number of rotatable bonds is 3. The molecule has 0 aliphatic heterocycles. The first kappa shape index (κ1) is 14.4. The lowest BCUT2D eigenvalue weighted by molar-refractivity contribution is 0.0699. The summed E-state index contributed by atoms with van der Waals surface area (Å²) >= 11 is 1.13. The van der Waals surface area contributed by atoms with E-state index in [1.54, 1.807) is 19.1 Å². The van der Waals surface area contributed by atoms with Crippen LogP contribution in [0, 0.1) is 12.7 Å². The van der Waals surface area contributed by atoms with Gasteiger partial charge in [-0.3, -0.25) is 9.36 Å². The molecular weight excluding hydrogens is 307 g/mol. The van der Waals surface area contributed by atoms with Gasteiger partial charge in [-0.15, -0.1) is 11.3 Å². The number of fused-ring (bicyclic) bond motifs is 1. The molecular formula is C15H11FN2O3S. The number of nitrogens with zero attached hydrogens (tertiary/aromatic N) is 2. The van der Waals surface area contributed by atoms with E-state index < -0.39 is 11.5 Å². The molecule has 7 heteroatoms. The second kappa shape index (κ2) is 5.34. The van der Waals surface area contributed by atoms with Gasteiger partial charge in [0.05, 0.1) is 17.5 Å². The number of carboxylic acids is 1. The number of aromatic nitrogens is 2. The molecule has 3 rings (SSSR count). The summed E-state index contributed by atoms with van der Waals surface area (Å²) in [5, 5.41) is 10.7. The van der Waals surface area contributed by atoms with Crippen molar-refractivity contribution >= 4 is 27.5 Å². The Hall–Kier alpha value is -2.54. The van der Waals surface area contributed by atoms with E-state index in [1.165, 1.54) is 22.1 Å². The molecule has 0 bridgehead atoms. The molecule has 0 atom stereocenters. The third-order valence-electron chi connectivity index (χ3n) is 3.37. The normalized spacial score (nSPS) is 11.0. The molecule has 3 aromatic rings. The number of hydrogen-bond acceptors (Lipinski definition) is 4. The zero-order chi connectivity index (χ0) is 15.9. The highest BCUT2D eigenvalue weighted by Gasteiger charge is 2.18. The Morgan fingerprint density at radius 3 is 2.68 bits per heavy atom. The van der Waals surface area contributed by atoms with Crippen molar-refractivity contribution in [3.63, 3.8) is 0 Å². The number of benzene rings is 1. The summed E-state index contributed by atoms with van der Waals surface area (Å²) in [6.07, 6.45) is 0. The fourth-order valence-corrected chi connectivity index (χ4v) is 3.19. The molecule has 1 N–H and O–H groups in total. The van der Waals surface area contributed by atoms with Crippen LogP contribution in [-0.2, 0) is 6.54 Å². The molecule has 1 aromatic carbocycles. The molecule has 22 heavy (non-hydrogen) atoms. The van der Waals surface area contributed by atoms with Crippen LogP contribution in [0.5, 0.6) is 0 Å². The second-order valence-corrected chi connectivity index (χ2v) is 5.67. The summed E-state index contributed by atoms with van der Waals surface area (Å²) in [5.74, 6) is -1.02. The summed E-state index contributed by atoms with van der Waals surface area (Å²) in [5.41, 5.74) is 0.302. The first-order valence-corrected chi connectivity index (χ1v) is 7.31. The molecule has 0 unspecified atom stereocenters. The minimum absolute atomic E-state index is 0.0367. The monoisotopic (exact) mass is 318 g/mol. The Balaban J connectivity index is 2.16. The Morgan fingerprint density at radius 2 is 2.05 bits per heavy atom. The van der Waals surface area contributed by atoms with Crippen LogP contribution in [-0.4, -0.2) is 20.6 Å². The highest BCUT2D eigenvalue weighted by Crippen LogP contribution is 2.21. The topological polar surface area (TPSA) is 72.2 Å². The number of thiophene rings is 1. The first-order valence-electron chi connectivity index (χ1n) is 6.43. The fourth-order valence-electron chi connectivity index (χ4n) is 2.24. The number of carboxylic acid groups (broad SMARTS) is 1. The maximum Gasteiger partial charge on any atom is 0.337 e. The minimum atomic E-state index is -1.15. The van der Waals surface area contributed by atoms with Crippen LogP contribution in [0.25, 0.3) is 10.2 Å². The van der Waals surface area contributed by atoms with Crippen molar-refractivity contribution in [3.8, 4) is 0 Å². The molecule has 5 nitrogen and oxygen atoms in total. The number of halogens is 1. The zero-order valence-corrected chi connectivity index (χ0v) is 12.4. The van der Waals surface area contributed by atoms with E-state index in [1.807, 2.05) is 0 Å². The van der Waals surface area contributed by atoms with Crippen LogP contribution < -0.4 is 5.56 Å². The number of aryl methyl sites for hydroxylation is 1. The van der Waals surface area contributed by atoms with Crippen molar-refractivity contribution in [2.45, 2.75) is 13.5 Å². The van der Waals surface area contributed by atoms with Gasteiger partial charge in [-0.2, -0.15) is 0 Å². The number of aromatic carboxylic acids is 1. The van der Waals surface area contributed by atoms with Crippen molar-refractivity contribution in [2.75, 3.05) is 0 Å². The van der Waals surface area contributed by atoms with E-state index in [0.717, 1.165) is 16.9 Å². The van der Waals surface area contributed by atoms with Gasteiger partial charge in [-0.1, -0.05) is 12.1 Å².